The largest absolute Gasteiger partial charge is 0.480 e. The molecule has 0 aromatic carbocycles. The maximum absolute atomic E-state index is 10.6. The van der Waals surface area contributed by atoms with Crippen molar-refractivity contribution in [2.45, 2.75) is 0 Å². The average molecular weight is 379 g/mol. The number of hydrogen-bond donors (Lipinski definition) is 4. The Morgan fingerprint density at radius 3 is 0.833 bits per heavy atom. The number of carbonyl (C=O) groups is 4. The second kappa shape index (κ2) is 20.1. The fraction of sp³-hybridized carbons (Fsp3) is 0.600. The Morgan fingerprint density at radius 1 is 0.542 bits per heavy atom. The summed E-state index contributed by atoms with van der Waals surface area (Å²) in [6, 6.07) is 0. The van der Waals surface area contributed by atoms with Gasteiger partial charge in [0.05, 0.1) is 26.2 Å². The van der Waals surface area contributed by atoms with Crippen molar-refractivity contribution in [1.29, 1.82) is 0 Å². The van der Waals surface area contributed by atoms with E-state index in [1.807, 2.05) is 0 Å². The van der Waals surface area contributed by atoms with Crippen molar-refractivity contribution in [3.63, 3.8) is 0 Å². The fourth-order valence-electron chi connectivity index (χ4n) is 1.48. The summed E-state index contributed by atoms with van der Waals surface area (Å²) in [5.41, 5.74) is 0. The molecule has 6 N–H and O–H groups in total. The quantitative estimate of drug-likeness (QED) is 0.257. The molecule has 0 saturated heterocycles. The summed E-state index contributed by atoms with van der Waals surface area (Å²) in [7, 11) is 0. The van der Waals surface area contributed by atoms with Gasteiger partial charge in [-0.15, -0.1) is 0 Å². The van der Waals surface area contributed by atoms with Gasteiger partial charge in [-0.05, 0) is 0 Å². The van der Waals surface area contributed by atoms with E-state index in [9.17, 15) is 19.2 Å². The molecular formula is C10H18N2Na3O9. The van der Waals surface area contributed by atoms with Crippen LogP contribution in [-0.4, -0.2) is 188 Å². The molecule has 0 atom stereocenters. The van der Waals surface area contributed by atoms with Crippen LogP contribution in [0.25, 0.3) is 0 Å². The summed E-state index contributed by atoms with van der Waals surface area (Å²) in [5.74, 6) is -4.91. The van der Waals surface area contributed by atoms with Crippen molar-refractivity contribution in [3.05, 3.63) is 0 Å². The monoisotopic (exact) mass is 379 g/mol. The van der Waals surface area contributed by atoms with Crippen LogP contribution in [0.2, 0.25) is 0 Å². The Kier molecular flexibility index (Phi) is 29.9. The van der Waals surface area contributed by atoms with Gasteiger partial charge < -0.3 is 25.9 Å². The molecule has 0 aromatic rings. The minimum Gasteiger partial charge on any atom is -0.480 e. The van der Waals surface area contributed by atoms with Gasteiger partial charge in [0, 0.05) is 102 Å². The molecule has 0 aliphatic rings. The van der Waals surface area contributed by atoms with Gasteiger partial charge in [0.2, 0.25) is 0 Å². The number of carboxylic acid groups (broad SMARTS) is 4. The van der Waals surface area contributed by atoms with E-state index in [0.717, 1.165) is 9.80 Å². The van der Waals surface area contributed by atoms with Gasteiger partial charge in [0.25, 0.3) is 0 Å². The molecule has 11 nitrogen and oxygen atoms in total. The van der Waals surface area contributed by atoms with Crippen LogP contribution in [-0.2, 0) is 19.2 Å². The van der Waals surface area contributed by atoms with Crippen LogP contribution in [0.5, 0.6) is 0 Å². The number of nitrogens with zero attached hydrogens (tertiary/aromatic N) is 2. The number of carboxylic acids is 4. The third-order valence-corrected chi connectivity index (χ3v) is 2.17. The number of rotatable bonds is 11. The molecule has 125 valence electrons. The van der Waals surface area contributed by atoms with Crippen molar-refractivity contribution in [2.75, 3.05) is 39.3 Å². The molecule has 0 rings (SSSR count). The Morgan fingerprint density at radius 2 is 0.708 bits per heavy atom. The molecule has 0 aromatic heterocycles. The van der Waals surface area contributed by atoms with E-state index in [1.54, 1.807) is 0 Å². The van der Waals surface area contributed by atoms with Crippen molar-refractivity contribution >= 4 is 113 Å². The first-order valence-electron chi connectivity index (χ1n) is 5.52. The van der Waals surface area contributed by atoms with Crippen LogP contribution in [0.4, 0.5) is 0 Å². The molecule has 0 amide bonds. The van der Waals surface area contributed by atoms with Gasteiger partial charge in [0.15, 0.2) is 0 Å². The Hall–Kier alpha value is 0.760. The third-order valence-electron chi connectivity index (χ3n) is 2.17. The first-order chi connectivity index (χ1) is 9.20. The molecule has 0 bridgehead atoms. The second-order valence-electron chi connectivity index (χ2n) is 4.00. The SMILES string of the molecule is O.O=C(O)CN(CCN(CC(=O)O)CC(=O)O)CC(=O)O.[Na].[Na].[Na]. The predicted octanol–water partition coefficient (Wildman–Crippen LogP) is -4.04. The molecular weight excluding hydrogens is 361 g/mol. The molecule has 14 heteroatoms. The van der Waals surface area contributed by atoms with E-state index >= 15 is 0 Å². The topological polar surface area (TPSA) is 187 Å². The van der Waals surface area contributed by atoms with Gasteiger partial charge in [-0.1, -0.05) is 0 Å². The van der Waals surface area contributed by atoms with Gasteiger partial charge in [-0.3, -0.25) is 29.0 Å². The molecule has 0 aliphatic carbocycles. The minimum atomic E-state index is -1.23. The molecule has 0 spiro atoms. The van der Waals surface area contributed by atoms with Crippen LogP contribution in [0.15, 0.2) is 0 Å². The summed E-state index contributed by atoms with van der Waals surface area (Å²) in [5, 5.41) is 34.5. The number of hydrogen-bond acceptors (Lipinski definition) is 6. The van der Waals surface area contributed by atoms with Crippen molar-refractivity contribution in [1.82, 2.24) is 9.80 Å². The first kappa shape index (κ1) is 35.8. The normalized spacial score (nSPS) is 8.92. The van der Waals surface area contributed by atoms with E-state index in [1.165, 1.54) is 0 Å². The summed E-state index contributed by atoms with van der Waals surface area (Å²) >= 11 is 0. The van der Waals surface area contributed by atoms with E-state index in [-0.39, 0.29) is 107 Å². The predicted molar refractivity (Wildman–Crippen MR) is 84.3 cm³/mol. The Labute approximate surface area is 204 Å². The standard InChI is InChI=1S/C10H16N2O8.3Na.H2O/c13-7(14)3-11(4-8(15)16)1-2-12(5-9(17)18)6-10(19)20;;;;/h1-6H2,(H,13,14)(H,15,16)(H,17,18)(H,19,20);;;;1H2. The molecule has 0 heterocycles. The van der Waals surface area contributed by atoms with Crippen LogP contribution >= 0.6 is 0 Å². The van der Waals surface area contributed by atoms with Gasteiger partial charge in [-0.25, -0.2) is 0 Å². The molecule has 24 heavy (non-hydrogen) atoms. The third kappa shape index (κ3) is 22.8. The average Bonchev–Trinajstić information content (AvgIpc) is 2.22. The maximum Gasteiger partial charge on any atom is 0.317 e. The van der Waals surface area contributed by atoms with E-state index in [4.69, 9.17) is 20.4 Å². The van der Waals surface area contributed by atoms with Crippen LogP contribution in [0.1, 0.15) is 0 Å². The van der Waals surface area contributed by atoms with Crippen molar-refractivity contribution in [2.24, 2.45) is 0 Å². The van der Waals surface area contributed by atoms with Gasteiger partial charge >= 0.3 is 23.9 Å². The van der Waals surface area contributed by atoms with Crippen LogP contribution in [0, 0.1) is 0 Å². The zero-order valence-electron chi connectivity index (χ0n) is 14.1. The second-order valence-corrected chi connectivity index (χ2v) is 4.00. The molecule has 0 unspecified atom stereocenters. The Bertz CT molecular complexity index is 330. The molecule has 0 fully saturated rings. The van der Waals surface area contributed by atoms with Crippen LogP contribution in [0.3, 0.4) is 0 Å². The summed E-state index contributed by atoms with van der Waals surface area (Å²) < 4.78 is 0. The van der Waals surface area contributed by atoms with E-state index < -0.39 is 50.1 Å². The van der Waals surface area contributed by atoms with Crippen molar-refractivity contribution in [3.8, 4) is 0 Å². The van der Waals surface area contributed by atoms with E-state index in [0.29, 0.717) is 0 Å². The zero-order valence-corrected chi connectivity index (χ0v) is 20.1. The Balaban J connectivity index is -0.000000301. The number of aliphatic carboxylic acids is 4. The first-order valence-corrected chi connectivity index (χ1v) is 5.52. The minimum absolute atomic E-state index is 0. The summed E-state index contributed by atoms with van der Waals surface area (Å²) in [6.07, 6.45) is 0. The summed E-state index contributed by atoms with van der Waals surface area (Å²) in [4.78, 5) is 44.4. The smallest absolute Gasteiger partial charge is 0.317 e. The molecule has 3 radical (unpaired) electrons. The summed E-state index contributed by atoms with van der Waals surface area (Å²) in [6.45, 7) is -2.25. The fourth-order valence-corrected chi connectivity index (χ4v) is 1.48. The molecule has 0 saturated carbocycles. The molecule has 0 aliphatic heterocycles. The van der Waals surface area contributed by atoms with Crippen LogP contribution < -0.4 is 0 Å². The van der Waals surface area contributed by atoms with E-state index in [2.05, 4.69) is 0 Å². The maximum atomic E-state index is 10.6. The van der Waals surface area contributed by atoms with Gasteiger partial charge in [-0.2, -0.15) is 0 Å². The van der Waals surface area contributed by atoms with Gasteiger partial charge in [0.1, 0.15) is 0 Å². The van der Waals surface area contributed by atoms with Crippen molar-refractivity contribution < 1.29 is 45.1 Å². The zero-order chi connectivity index (χ0) is 15.7.